The molecule has 1 saturated heterocycles. The minimum atomic E-state index is -2.44. The van der Waals surface area contributed by atoms with E-state index in [0.29, 0.717) is 36.8 Å². The van der Waals surface area contributed by atoms with Gasteiger partial charge in [-0.2, -0.15) is 5.10 Å². The van der Waals surface area contributed by atoms with E-state index >= 15 is 0 Å². The molecule has 0 bridgehead atoms. The highest BCUT2D eigenvalue weighted by atomic mass is 19.3. The quantitative estimate of drug-likeness (QED) is 0.741. The Balaban J connectivity index is 1.26. The summed E-state index contributed by atoms with van der Waals surface area (Å²) in [5, 5.41) is 4.61. The highest BCUT2D eigenvalue weighted by molar-refractivity contribution is 5.04. The summed E-state index contributed by atoms with van der Waals surface area (Å²) < 4.78 is 35.7. The number of ether oxygens (including phenoxy) is 1. The van der Waals surface area contributed by atoms with Crippen LogP contribution in [0.2, 0.25) is 0 Å². The molecule has 4 nitrogen and oxygen atoms in total. The monoisotopic (exact) mass is 393 g/mol. The summed E-state index contributed by atoms with van der Waals surface area (Å²) in [5.74, 6) is -0.396. The molecule has 4 fully saturated rings. The third kappa shape index (κ3) is 4.00. The molecule has 2 heterocycles. The van der Waals surface area contributed by atoms with E-state index in [9.17, 15) is 8.78 Å². The zero-order chi connectivity index (χ0) is 19.3. The fourth-order valence-corrected chi connectivity index (χ4v) is 5.73. The molecule has 0 N–H and O–H groups in total. The number of halogens is 2. The van der Waals surface area contributed by atoms with Gasteiger partial charge in [-0.1, -0.05) is 0 Å². The summed E-state index contributed by atoms with van der Waals surface area (Å²) >= 11 is 0. The molecule has 0 spiro atoms. The van der Waals surface area contributed by atoms with Crippen LogP contribution >= 0.6 is 0 Å². The van der Waals surface area contributed by atoms with E-state index in [2.05, 4.69) is 27.8 Å². The van der Waals surface area contributed by atoms with Crippen molar-refractivity contribution in [3.05, 3.63) is 18.0 Å². The fraction of sp³-hybridized carbons (Fsp3) is 0.864. The van der Waals surface area contributed by atoms with Gasteiger partial charge in [0.05, 0.1) is 18.3 Å². The Morgan fingerprint density at radius 2 is 1.82 bits per heavy atom. The zero-order valence-electron chi connectivity index (χ0n) is 16.9. The number of fused-ring (bicyclic) bond motifs is 1. The van der Waals surface area contributed by atoms with Crippen molar-refractivity contribution in [3.8, 4) is 0 Å². The first-order valence-electron chi connectivity index (χ1n) is 11.2. The molecule has 1 aliphatic heterocycles. The summed E-state index contributed by atoms with van der Waals surface area (Å²) in [4.78, 5) is 2.53. The number of alkyl halides is 2. The van der Waals surface area contributed by atoms with E-state index < -0.39 is 5.92 Å². The van der Waals surface area contributed by atoms with Crippen LogP contribution in [-0.4, -0.2) is 52.4 Å². The van der Waals surface area contributed by atoms with Gasteiger partial charge < -0.3 is 4.74 Å². The lowest BCUT2D eigenvalue weighted by atomic mass is 9.77. The van der Waals surface area contributed by atoms with Gasteiger partial charge in [-0.3, -0.25) is 9.58 Å². The minimum absolute atomic E-state index is 0.0613. The zero-order valence-corrected chi connectivity index (χ0v) is 16.9. The highest BCUT2D eigenvalue weighted by Crippen LogP contribution is 2.45. The molecule has 0 amide bonds. The van der Waals surface area contributed by atoms with Crippen LogP contribution in [0.15, 0.2) is 12.4 Å². The average Bonchev–Trinajstić information content (AvgIpc) is 3.24. The van der Waals surface area contributed by atoms with E-state index in [4.69, 9.17) is 4.74 Å². The van der Waals surface area contributed by atoms with E-state index in [1.54, 1.807) is 0 Å². The number of nitrogens with zero attached hydrogens (tertiary/aromatic N) is 3. The van der Waals surface area contributed by atoms with Gasteiger partial charge in [-0.15, -0.1) is 0 Å². The van der Waals surface area contributed by atoms with Crippen molar-refractivity contribution in [1.82, 2.24) is 14.7 Å². The standard InChI is InChI=1S/C22H33F2N3O/c1-15-10-25-27(11-15)20-8-17-12-26(19-4-6-22(23,24)7-5-19)13-18(17)9-21(20)28-14-16-2-3-16/h10-11,16-21H,2-9,12-14H2,1H3/t17-,18+,20-,21-/m0/s1. The maximum Gasteiger partial charge on any atom is 0.248 e. The number of hydrogen-bond acceptors (Lipinski definition) is 3. The Morgan fingerprint density at radius 1 is 1.11 bits per heavy atom. The largest absolute Gasteiger partial charge is 0.376 e. The summed E-state index contributed by atoms with van der Waals surface area (Å²) in [6.07, 6.45) is 10.5. The Bertz CT molecular complexity index is 679. The molecule has 4 aliphatic rings. The molecule has 1 aromatic heterocycles. The molecule has 156 valence electrons. The maximum absolute atomic E-state index is 13.6. The Kier molecular flexibility index (Phi) is 4.98. The van der Waals surface area contributed by atoms with Crippen LogP contribution in [0.25, 0.3) is 0 Å². The summed E-state index contributed by atoms with van der Waals surface area (Å²) in [6.45, 7) is 5.10. The van der Waals surface area contributed by atoms with Gasteiger partial charge in [-0.05, 0) is 68.8 Å². The predicted molar refractivity (Wildman–Crippen MR) is 103 cm³/mol. The minimum Gasteiger partial charge on any atom is -0.376 e. The topological polar surface area (TPSA) is 30.3 Å². The van der Waals surface area contributed by atoms with E-state index in [1.807, 2.05) is 6.20 Å². The van der Waals surface area contributed by atoms with Crippen molar-refractivity contribution in [1.29, 1.82) is 0 Å². The molecule has 0 aromatic carbocycles. The lowest BCUT2D eigenvalue weighted by Crippen LogP contribution is -2.39. The number of rotatable bonds is 5. The second kappa shape index (κ2) is 7.35. The number of likely N-dealkylation sites (tertiary alicyclic amines) is 1. The van der Waals surface area contributed by atoms with Crippen molar-refractivity contribution >= 4 is 0 Å². The van der Waals surface area contributed by atoms with E-state index in [1.165, 1.54) is 18.4 Å². The lowest BCUT2D eigenvalue weighted by molar-refractivity contribution is -0.0521. The van der Waals surface area contributed by atoms with Crippen molar-refractivity contribution in [2.75, 3.05) is 19.7 Å². The molecule has 6 heteroatoms. The van der Waals surface area contributed by atoms with Crippen LogP contribution in [0.4, 0.5) is 8.78 Å². The Morgan fingerprint density at radius 3 is 2.46 bits per heavy atom. The summed E-state index contributed by atoms with van der Waals surface area (Å²) in [7, 11) is 0. The molecule has 3 aliphatic carbocycles. The van der Waals surface area contributed by atoms with E-state index in [-0.39, 0.29) is 18.9 Å². The van der Waals surface area contributed by atoms with Gasteiger partial charge in [0, 0.05) is 44.8 Å². The third-order valence-corrected chi connectivity index (χ3v) is 7.63. The van der Waals surface area contributed by atoms with Gasteiger partial charge in [0.25, 0.3) is 0 Å². The molecule has 1 aromatic rings. The normalized spacial score (nSPS) is 36.5. The van der Waals surface area contributed by atoms with Crippen molar-refractivity contribution in [2.45, 2.75) is 82.4 Å². The second-order valence-electron chi connectivity index (χ2n) is 9.91. The first-order chi connectivity index (χ1) is 13.5. The maximum atomic E-state index is 13.6. The molecule has 3 saturated carbocycles. The van der Waals surface area contributed by atoms with Crippen LogP contribution in [0.5, 0.6) is 0 Å². The first kappa shape index (κ1) is 19.0. The van der Waals surface area contributed by atoms with Crippen LogP contribution in [0.3, 0.4) is 0 Å². The fourth-order valence-electron chi connectivity index (χ4n) is 5.73. The van der Waals surface area contributed by atoms with Crippen molar-refractivity contribution in [3.63, 3.8) is 0 Å². The van der Waals surface area contributed by atoms with Gasteiger partial charge in [0.1, 0.15) is 0 Å². The van der Waals surface area contributed by atoms with Crippen LogP contribution in [-0.2, 0) is 4.74 Å². The third-order valence-electron chi connectivity index (χ3n) is 7.63. The average molecular weight is 394 g/mol. The molecule has 0 unspecified atom stereocenters. The molecular weight excluding hydrogens is 360 g/mol. The highest BCUT2D eigenvalue weighted by Gasteiger charge is 2.46. The first-order valence-corrected chi connectivity index (χ1v) is 11.2. The second-order valence-corrected chi connectivity index (χ2v) is 9.91. The predicted octanol–water partition coefficient (Wildman–Crippen LogP) is 4.45. The molecular formula is C22H33F2N3O. The molecule has 0 radical (unpaired) electrons. The Hall–Kier alpha value is -1.01. The summed E-state index contributed by atoms with van der Waals surface area (Å²) in [5.41, 5.74) is 1.19. The van der Waals surface area contributed by atoms with Crippen LogP contribution < -0.4 is 0 Å². The van der Waals surface area contributed by atoms with E-state index in [0.717, 1.165) is 38.5 Å². The van der Waals surface area contributed by atoms with Gasteiger partial charge >= 0.3 is 0 Å². The number of aromatic nitrogens is 2. The van der Waals surface area contributed by atoms with Crippen LogP contribution in [0, 0.1) is 24.7 Å². The van der Waals surface area contributed by atoms with Gasteiger partial charge in [0.2, 0.25) is 5.92 Å². The number of aryl methyl sites for hydroxylation is 1. The van der Waals surface area contributed by atoms with Crippen molar-refractivity contribution < 1.29 is 13.5 Å². The smallest absolute Gasteiger partial charge is 0.248 e. The van der Waals surface area contributed by atoms with Gasteiger partial charge in [-0.25, -0.2) is 8.78 Å². The number of hydrogen-bond donors (Lipinski definition) is 0. The summed E-state index contributed by atoms with van der Waals surface area (Å²) in [6, 6.07) is 0.658. The lowest BCUT2D eigenvalue weighted by Gasteiger charge is -2.38. The van der Waals surface area contributed by atoms with Crippen molar-refractivity contribution in [2.24, 2.45) is 17.8 Å². The van der Waals surface area contributed by atoms with Crippen LogP contribution in [0.1, 0.15) is 63.0 Å². The SMILES string of the molecule is Cc1cnn([C@H]2C[C@H]3CN(C4CCC(F)(F)CC4)C[C@H]3C[C@@H]2OCC2CC2)c1. The molecule has 4 atom stereocenters. The Labute approximate surface area is 166 Å². The molecule has 28 heavy (non-hydrogen) atoms. The van der Waals surface area contributed by atoms with Gasteiger partial charge in [0.15, 0.2) is 0 Å². The molecule has 5 rings (SSSR count).